The second-order valence-electron chi connectivity index (χ2n) is 3.41. The fourth-order valence-electron chi connectivity index (χ4n) is 1.62. The molecule has 1 fully saturated rings. The molecule has 0 amide bonds. The van der Waals surface area contributed by atoms with Gasteiger partial charge in [0.05, 0.1) is 12.2 Å². The first-order valence-electron chi connectivity index (χ1n) is 4.76. The van der Waals surface area contributed by atoms with Gasteiger partial charge in [0.2, 0.25) is 0 Å². The van der Waals surface area contributed by atoms with E-state index in [1.807, 2.05) is 0 Å². The quantitative estimate of drug-likeness (QED) is 0.867. The molecule has 1 saturated heterocycles. The first-order valence-corrected chi connectivity index (χ1v) is 5.64. The summed E-state index contributed by atoms with van der Waals surface area (Å²) in [5.74, 6) is 0. The Morgan fingerprint density at radius 1 is 1.64 bits per heavy atom. The Labute approximate surface area is 95.1 Å². The van der Waals surface area contributed by atoms with E-state index in [4.69, 9.17) is 4.74 Å². The summed E-state index contributed by atoms with van der Waals surface area (Å²) in [7, 11) is 0. The van der Waals surface area contributed by atoms with E-state index in [9.17, 15) is 0 Å². The van der Waals surface area contributed by atoms with Crippen LogP contribution in [0.25, 0.3) is 0 Å². The third-order valence-electron chi connectivity index (χ3n) is 2.36. The maximum atomic E-state index is 5.90. The summed E-state index contributed by atoms with van der Waals surface area (Å²) in [5.41, 5.74) is 0. The highest BCUT2D eigenvalue weighted by atomic mass is 35.5. The number of nitrogens with one attached hydrogen (secondary N) is 1. The number of thiophene rings is 1. The molecule has 14 heavy (non-hydrogen) atoms. The van der Waals surface area contributed by atoms with Gasteiger partial charge in [0, 0.05) is 11.4 Å². The van der Waals surface area contributed by atoms with Crippen molar-refractivity contribution in [1.82, 2.24) is 5.32 Å². The van der Waals surface area contributed by atoms with Crippen LogP contribution in [0.3, 0.4) is 0 Å². The molecule has 0 aliphatic carbocycles. The van der Waals surface area contributed by atoms with Gasteiger partial charge in [0.15, 0.2) is 0 Å². The molecule has 2 heterocycles. The molecule has 1 aliphatic rings. The third kappa shape index (κ3) is 2.95. The zero-order valence-corrected chi connectivity index (χ0v) is 9.87. The van der Waals surface area contributed by atoms with Gasteiger partial charge < -0.3 is 10.1 Å². The summed E-state index contributed by atoms with van der Waals surface area (Å²) in [4.78, 5) is 1.33. The Morgan fingerprint density at radius 2 is 2.50 bits per heavy atom. The van der Waals surface area contributed by atoms with Crippen molar-refractivity contribution < 1.29 is 4.74 Å². The van der Waals surface area contributed by atoms with Crippen molar-refractivity contribution in [1.29, 1.82) is 0 Å². The van der Waals surface area contributed by atoms with Crippen LogP contribution in [0.4, 0.5) is 0 Å². The number of rotatable bonds is 3. The molecule has 1 aliphatic heterocycles. The number of hydrogen-bond acceptors (Lipinski definition) is 3. The summed E-state index contributed by atoms with van der Waals surface area (Å²) in [6.07, 6.45) is 1.82. The van der Waals surface area contributed by atoms with E-state index in [2.05, 4.69) is 29.8 Å². The standard InChI is InChI=1S/C10H15NOS.ClH/c1-8(10-3-2-6-13-10)12-9-4-5-11-7-9;/h2-3,6,8-9,11H,4-5,7H2,1H3;1H/t8?,9-;/m0./s1. The minimum Gasteiger partial charge on any atom is -0.368 e. The first-order chi connectivity index (χ1) is 6.36. The van der Waals surface area contributed by atoms with E-state index in [1.165, 1.54) is 4.88 Å². The molecule has 0 bridgehead atoms. The van der Waals surface area contributed by atoms with Crippen LogP contribution in [0.1, 0.15) is 24.3 Å². The van der Waals surface area contributed by atoms with E-state index < -0.39 is 0 Å². The highest BCUT2D eigenvalue weighted by molar-refractivity contribution is 7.10. The fraction of sp³-hybridized carbons (Fsp3) is 0.600. The molecular weight excluding hydrogens is 218 g/mol. The van der Waals surface area contributed by atoms with E-state index in [0.29, 0.717) is 6.10 Å². The zero-order valence-electron chi connectivity index (χ0n) is 8.23. The van der Waals surface area contributed by atoms with Crippen molar-refractivity contribution in [2.24, 2.45) is 0 Å². The normalized spacial score (nSPS) is 23.1. The van der Waals surface area contributed by atoms with Gasteiger partial charge in [-0.3, -0.25) is 0 Å². The fourth-order valence-corrected chi connectivity index (χ4v) is 2.34. The molecule has 0 spiro atoms. The highest BCUT2D eigenvalue weighted by Crippen LogP contribution is 2.24. The molecule has 4 heteroatoms. The van der Waals surface area contributed by atoms with E-state index in [0.717, 1.165) is 19.5 Å². The molecule has 0 saturated carbocycles. The van der Waals surface area contributed by atoms with Crippen molar-refractivity contribution in [3.63, 3.8) is 0 Å². The number of hydrogen-bond donors (Lipinski definition) is 1. The van der Waals surface area contributed by atoms with Crippen molar-refractivity contribution >= 4 is 23.7 Å². The van der Waals surface area contributed by atoms with Crippen molar-refractivity contribution in [3.05, 3.63) is 22.4 Å². The molecule has 2 nitrogen and oxygen atoms in total. The average Bonchev–Trinajstić information content (AvgIpc) is 2.74. The molecule has 0 aromatic carbocycles. The lowest BCUT2D eigenvalue weighted by molar-refractivity contribution is 0.0102. The Balaban J connectivity index is 0.000000980. The molecule has 0 radical (unpaired) electrons. The summed E-state index contributed by atoms with van der Waals surface area (Å²) in [6.45, 7) is 4.24. The lowest BCUT2D eigenvalue weighted by Crippen LogP contribution is -2.18. The van der Waals surface area contributed by atoms with Gasteiger partial charge in [-0.25, -0.2) is 0 Å². The van der Waals surface area contributed by atoms with Crippen LogP contribution in [0.2, 0.25) is 0 Å². The maximum absolute atomic E-state index is 5.90. The van der Waals surface area contributed by atoms with Gasteiger partial charge in [-0.05, 0) is 31.3 Å². The molecule has 1 aromatic heterocycles. The molecule has 1 unspecified atom stereocenters. The zero-order chi connectivity index (χ0) is 9.10. The van der Waals surface area contributed by atoms with Crippen molar-refractivity contribution in [2.75, 3.05) is 13.1 Å². The van der Waals surface area contributed by atoms with Crippen LogP contribution in [-0.2, 0) is 4.74 Å². The van der Waals surface area contributed by atoms with E-state index in [1.54, 1.807) is 11.3 Å². The van der Waals surface area contributed by atoms with Gasteiger partial charge in [0.1, 0.15) is 0 Å². The van der Waals surface area contributed by atoms with Gasteiger partial charge in [-0.1, -0.05) is 6.07 Å². The summed E-state index contributed by atoms with van der Waals surface area (Å²) >= 11 is 1.77. The molecule has 80 valence electrons. The van der Waals surface area contributed by atoms with Crippen LogP contribution in [0, 0.1) is 0 Å². The average molecular weight is 234 g/mol. The largest absolute Gasteiger partial charge is 0.368 e. The Kier molecular flexibility index (Phi) is 4.89. The summed E-state index contributed by atoms with van der Waals surface area (Å²) in [6, 6.07) is 4.21. The van der Waals surface area contributed by atoms with Crippen LogP contribution in [0.15, 0.2) is 17.5 Å². The summed E-state index contributed by atoms with van der Waals surface area (Å²) < 4.78 is 5.90. The van der Waals surface area contributed by atoms with Gasteiger partial charge in [-0.2, -0.15) is 0 Å². The first kappa shape index (κ1) is 12.0. The Hall–Kier alpha value is -0.0900. The minimum absolute atomic E-state index is 0. The second-order valence-corrected chi connectivity index (χ2v) is 4.39. The van der Waals surface area contributed by atoms with Crippen LogP contribution >= 0.6 is 23.7 Å². The van der Waals surface area contributed by atoms with Gasteiger partial charge in [0.25, 0.3) is 0 Å². The predicted molar refractivity (Wildman–Crippen MR) is 62.3 cm³/mol. The Morgan fingerprint density at radius 3 is 3.07 bits per heavy atom. The topological polar surface area (TPSA) is 21.3 Å². The lowest BCUT2D eigenvalue weighted by Gasteiger charge is -2.16. The predicted octanol–water partition coefficient (Wildman–Crippen LogP) is 2.61. The Bertz CT molecular complexity index is 247. The SMILES string of the molecule is CC(O[C@H]1CCNC1)c1cccs1.Cl. The van der Waals surface area contributed by atoms with Crippen LogP contribution in [-0.4, -0.2) is 19.2 Å². The second kappa shape index (κ2) is 5.71. The van der Waals surface area contributed by atoms with Crippen LogP contribution in [0.5, 0.6) is 0 Å². The van der Waals surface area contributed by atoms with Crippen molar-refractivity contribution in [3.8, 4) is 0 Å². The third-order valence-corrected chi connectivity index (χ3v) is 3.39. The monoisotopic (exact) mass is 233 g/mol. The van der Waals surface area contributed by atoms with Gasteiger partial charge in [-0.15, -0.1) is 23.7 Å². The van der Waals surface area contributed by atoms with Gasteiger partial charge >= 0.3 is 0 Å². The molecule has 2 rings (SSSR count). The van der Waals surface area contributed by atoms with Crippen LogP contribution < -0.4 is 5.32 Å². The molecular formula is C10H16ClNOS. The summed E-state index contributed by atoms with van der Waals surface area (Å²) in [5, 5.41) is 5.40. The number of ether oxygens (including phenoxy) is 1. The molecule has 2 atom stereocenters. The highest BCUT2D eigenvalue weighted by Gasteiger charge is 2.18. The van der Waals surface area contributed by atoms with E-state index >= 15 is 0 Å². The smallest absolute Gasteiger partial charge is 0.0893 e. The van der Waals surface area contributed by atoms with Crippen molar-refractivity contribution in [2.45, 2.75) is 25.6 Å². The lowest BCUT2D eigenvalue weighted by atomic mass is 10.3. The molecule has 1 aromatic rings. The van der Waals surface area contributed by atoms with E-state index in [-0.39, 0.29) is 18.5 Å². The minimum atomic E-state index is 0. The maximum Gasteiger partial charge on any atom is 0.0893 e. The number of halogens is 1. The molecule has 1 N–H and O–H groups in total.